The summed E-state index contributed by atoms with van der Waals surface area (Å²) >= 11 is 0.751. The molecule has 0 radical (unpaired) electrons. The van der Waals surface area contributed by atoms with Crippen molar-refractivity contribution in [2.45, 2.75) is 19.3 Å². The van der Waals surface area contributed by atoms with E-state index < -0.39 is 17.6 Å². The monoisotopic (exact) mass is 463 g/mol. The molecule has 0 aliphatic carbocycles. The molecule has 0 saturated carbocycles. The number of nitrogens with one attached hydrogen (secondary N) is 1. The predicted octanol–water partition coefficient (Wildman–Crippen LogP) is 3.61. The number of carbonyl (C=O) groups is 2. The molecule has 0 fully saturated rings. The van der Waals surface area contributed by atoms with Crippen LogP contribution in [-0.2, 0) is 19.3 Å². The minimum absolute atomic E-state index is 0.101. The molecule has 1 N–H and O–H groups in total. The van der Waals surface area contributed by atoms with Gasteiger partial charge in [-0.15, -0.1) is 0 Å². The van der Waals surface area contributed by atoms with Crippen molar-refractivity contribution in [1.82, 2.24) is 14.8 Å². The molecular weight excluding hydrogens is 443 g/mol. The molecule has 32 heavy (non-hydrogen) atoms. The van der Waals surface area contributed by atoms with E-state index in [0.29, 0.717) is 11.1 Å². The van der Waals surface area contributed by atoms with E-state index in [1.54, 1.807) is 38.4 Å². The fourth-order valence-electron chi connectivity index (χ4n) is 2.92. The van der Waals surface area contributed by atoms with Crippen LogP contribution in [0, 0.1) is 0 Å². The molecule has 2 amide bonds. The number of nitrogens with zero attached hydrogens (tertiary/aromatic N) is 2. The SMILES string of the molecule is CN(C)C(=O)c1ccc(Cn2cc(C(=O)NCc3cccc(C(F)(F)F)c3)sc2=O)cc1. The van der Waals surface area contributed by atoms with Gasteiger partial charge in [0.15, 0.2) is 0 Å². The molecule has 1 aromatic heterocycles. The number of hydrogen-bond donors (Lipinski definition) is 1. The molecule has 168 valence electrons. The largest absolute Gasteiger partial charge is 0.416 e. The maximum absolute atomic E-state index is 12.8. The van der Waals surface area contributed by atoms with Crippen molar-refractivity contribution in [1.29, 1.82) is 0 Å². The van der Waals surface area contributed by atoms with Gasteiger partial charge in [0.05, 0.1) is 12.1 Å². The van der Waals surface area contributed by atoms with Gasteiger partial charge >= 0.3 is 11.0 Å². The summed E-state index contributed by atoms with van der Waals surface area (Å²) in [7, 11) is 3.31. The van der Waals surface area contributed by atoms with Crippen LogP contribution in [-0.4, -0.2) is 35.4 Å². The molecule has 0 aliphatic heterocycles. The van der Waals surface area contributed by atoms with Gasteiger partial charge in [0.1, 0.15) is 4.88 Å². The van der Waals surface area contributed by atoms with E-state index in [4.69, 9.17) is 0 Å². The van der Waals surface area contributed by atoms with Gasteiger partial charge in [0.2, 0.25) is 0 Å². The van der Waals surface area contributed by atoms with Crippen LogP contribution in [0.1, 0.15) is 36.7 Å². The Hall–Kier alpha value is -3.40. The lowest BCUT2D eigenvalue weighted by atomic mass is 10.1. The van der Waals surface area contributed by atoms with Gasteiger partial charge < -0.3 is 14.8 Å². The van der Waals surface area contributed by atoms with Crippen molar-refractivity contribution in [3.8, 4) is 0 Å². The van der Waals surface area contributed by atoms with E-state index in [1.165, 1.54) is 27.8 Å². The van der Waals surface area contributed by atoms with E-state index in [9.17, 15) is 27.6 Å². The molecular formula is C22H20F3N3O3S. The third-order valence-electron chi connectivity index (χ3n) is 4.60. The van der Waals surface area contributed by atoms with Crippen LogP contribution in [0.15, 0.2) is 59.5 Å². The number of rotatable bonds is 6. The van der Waals surface area contributed by atoms with Gasteiger partial charge in [-0.2, -0.15) is 13.2 Å². The third kappa shape index (κ3) is 5.64. The first-order chi connectivity index (χ1) is 15.0. The van der Waals surface area contributed by atoms with Crippen molar-refractivity contribution in [3.05, 3.63) is 91.5 Å². The molecule has 0 spiro atoms. The molecule has 3 aromatic rings. The minimum atomic E-state index is -4.46. The first kappa shape index (κ1) is 23.3. The first-order valence-electron chi connectivity index (χ1n) is 9.50. The van der Waals surface area contributed by atoms with Crippen LogP contribution >= 0.6 is 11.3 Å². The summed E-state index contributed by atoms with van der Waals surface area (Å²) in [6.45, 7) is 0.114. The zero-order chi connectivity index (χ0) is 23.5. The zero-order valence-electron chi connectivity index (χ0n) is 17.3. The highest BCUT2D eigenvalue weighted by Gasteiger charge is 2.30. The van der Waals surface area contributed by atoms with Gasteiger partial charge in [0, 0.05) is 32.4 Å². The molecule has 10 heteroatoms. The van der Waals surface area contributed by atoms with Gasteiger partial charge in [0.25, 0.3) is 11.8 Å². The number of thiazole rings is 1. The highest BCUT2D eigenvalue weighted by Crippen LogP contribution is 2.29. The Labute approximate surface area is 185 Å². The summed E-state index contributed by atoms with van der Waals surface area (Å²) in [5, 5.41) is 2.54. The number of benzene rings is 2. The molecule has 1 heterocycles. The summed E-state index contributed by atoms with van der Waals surface area (Å²) in [6, 6.07) is 11.5. The highest BCUT2D eigenvalue weighted by molar-refractivity contribution is 7.11. The van der Waals surface area contributed by atoms with Crippen LogP contribution in [0.5, 0.6) is 0 Å². The van der Waals surface area contributed by atoms with E-state index in [1.807, 2.05) is 0 Å². The first-order valence-corrected chi connectivity index (χ1v) is 10.3. The normalized spacial score (nSPS) is 11.3. The second kappa shape index (κ2) is 9.39. The Morgan fingerprint density at radius 3 is 2.38 bits per heavy atom. The lowest BCUT2D eigenvalue weighted by Crippen LogP contribution is -2.22. The standard InChI is InChI=1S/C22H20F3N3O3S/c1-27(2)20(30)16-8-6-14(7-9-16)12-28-13-18(32-21(28)31)19(29)26-11-15-4-3-5-17(10-15)22(23,24)25/h3-10,13H,11-12H2,1-2H3,(H,26,29). The van der Waals surface area contributed by atoms with E-state index in [0.717, 1.165) is 29.0 Å². The van der Waals surface area contributed by atoms with Gasteiger partial charge in [-0.1, -0.05) is 35.6 Å². The Morgan fingerprint density at radius 2 is 1.75 bits per heavy atom. The number of halogens is 3. The number of alkyl halides is 3. The van der Waals surface area contributed by atoms with Crippen LogP contribution < -0.4 is 10.2 Å². The van der Waals surface area contributed by atoms with Crippen LogP contribution in [0.2, 0.25) is 0 Å². The molecule has 6 nitrogen and oxygen atoms in total. The summed E-state index contributed by atoms with van der Waals surface area (Å²) in [4.78, 5) is 37.9. The third-order valence-corrected chi connectivity index (χ3v) is 5.52. The predicted molar refractivity (Wildman–Crippen MR) is 115 cm³/mol. The maximum atomic E-state index is 12.8. The van der Waals surface area contributed by atoms with Crippen LogP contribution in [0.3, 0.4) is 0 Å². The number of aromatic nitrogens is 1. The Kier molecular flexibility index (Phi) is 6.83. The fourth-order valence-corrected chi connectivity index (χ4v) is 3.69. The van der Waals surface area contributed by atoms with Crippen molar-refractivity contribution in [2.24, 2.45) is 0 Å². The maximum Gasteiger partial charge on any atom is 0.416 e. The number of carbonyl (C=O) groups excluding carboxylic acids is 2. The van der Waals surface area contributed by atoms with E-state index >= 15 is 0 Å². The summed E-state index contributed by atoms with van der Waals surface area (Å²) in [5.74, 6) is -0.681. The molecule has 0 unspecified atom stereocenters. The smallest absolute Gasteiger partial charge is 0.347 e. The topological polar surface area (TPSA) is 71.4 Å². The van der Waals surface area contributed by atoms with Gasteiger partial charge in [-0.05, 0) is 35.4 Å². The van der Waals surface area contributed by atoms with Crippen molar-refractivity contribution in [3.63, 3.8) is 0 Å². The Balaban J connectivity index is 1.65. The molecule has 0 bridgehead atoms. The van der Waals surface area contributed by atoms with Crippen molar-refractivity contribution >= 4 is 23.2 Å². The van der Waals surface area contributed by atoms with Crippen molar-refractivity contribution < 1.29 is 22.8 Å². The van der Waals surface area contributed by atoms with Gasteiger partial charge in [-0.3, -0.25) is 14.4 Å². The number of hydrogen-bond acceptors (Lipinski definition) is 4. The summed E-state index contributed by atoms with van der Waals surface area (Å²) in [5.41, 5.74) is 0.799. The van der Waals surface area contributed by atoms with Gasteiger partial charge in [-0.25, -0.2) is 0 Å². The Morgan fingerprint density at radius 1 is 1.06 bits per heavy atom. The van der Waals surface area contributed by atoms with Crippen molar-refractivity contribution in [2.75, 3.05) is 14.1 Å². The molecule has 0 atom stereocenters. The molecule has 2 aromatic carbocycles. The molecule has 0 saturated heterocycles. The number of amides is 2. The lowest BCUT2D eigenvalue weighted by Gasteiger charge is -2.10. The molecule has 3 rings (SSSR count). The minimum Gasteiger partial charge on any atom is -0.347 e. The Bertz CT molecular complexity index is 1180. The average Bonchev–Trinajstić information content (AvgIpc) is 3.12. The summed E-state index contributed by atoms with van der Waals surface area (Å²) in [6.07, 6.45) is -3.05. The quantitative estimate of drug-likeness (QED) is 0.607. The second-order valence-corrected chi connectivity index (χ2v) is 8.26. The second-order valence-electron chi connectivity index (χ2n) is 7.27. The molecule has 0 aliphatic rings. The zero-order valence-corrected chi connectivity index (χ0v) is 18.1. The fraction of sp³-hybridized carbons (Fsp3) is 0.227. The van der Waals surface area contributed by atoms with Crippen LogP contribution in [0.4, 0.5) is 13.2 Å². The highest BCUT2D eigenvalue weighted by atomic mass is 32.1. The van der Waals surface area contributed by atoms with Crippen LogP contribution in [0.25, 0.3) is 0 Å². The van der Waals surface area contributed by atoms with E-state index in [-0.39, 0.29) is 28.7 Å². The average molecular weight is 463 g/mol. The van der Waals surface area contributed by atoms with E-state index in [2.05, 4.69) is 5.32 Å². The lowest BCUT2D eigenvalue weighted by molar-refractivity contribution is -0.137. The summed E-state index contributed by atoms with van der Waals surface area (Å²) < 4.78 is 39.8.